The van der Waals surface area contributed by atoms with Crippen molar-refractivity contribution in [3.63, 3.8) is 0 Å². The van der Waals surface area contributed by atoms with Gasteiger partial charge in [0.05, 0.1) is 13.2 Å². The van der Waals surface area contributed by atoms with Crippen molar-refractivity contribution in [2.45, 2.75) is 25.7 Å². The zero-order valence-electron chi connectivity index (χ0n) is 13.7. The number of ether oxygens (including phenoxy) is 1. The molecule has 1 heterocycles. The van der Waals surface area contributed by atoms with Crippen LogP contribution >= 0.6 is 11.6 Å². The van der Waals surface area contributed by atoms with Crippen LogP contribution in [0.2, 0.25) is 5.02 Å². The monoisotopic (exact) mass is 350 g/mol. The first-order valence-corrected chi connectivity index (χ1v) is 8.94. The maximum Gasteiger partial charge on any atom is 0.227 e. The van der Waals surface area contributed by atoms with E-state index in [0.717, 1.165) is 31.4 Å². The topological polar surface area (TPSA) is 58.6 Å². The Morgan fingerprint density at radius 3 is 2.42 bits per heavy atom. The van der Waals surface area contributed by atoms with Crippen LogP contribution in [-0.4, -0.2) is 43.0 Å². The fraction of sp³-hybridized carbons (Fsp3) is 0.556. The molecule has 0 unspecified atom stereocenters. The van der Waals surface area contributed by atoms with Crippen LogP contribution in [-0.2, 0) is 14.3 Å². The lowest BCUT2D eigenvalue weighted by Gasteiger charge is -2.33. The van der Waals surface area contributed by atoms with Crippen molar-refractivity contribution in [3.8, 4) is 0 Å². The molecule has 1 N–H and O–H groups in total. The molecule has 2 fully saturated rings. The molecule has 1 saturated heterocycles. The summed E-state index contributed by atoms with van der Waals surface area (Å²) in [5, 5.41) is 3.53. The smallest absolute Gasteiger partial charge is 0.227 e. The number of nitrogens with zero attached hydrogens (tertiary/aromatic N) is 1. The van der Waals surface area contributed by atoms with E-state index in [1.54, 1.807) is 12.1 Å². The highest BCUT2D eigenvalue weighted by atomic mass is 35.5. The summed E-state index contributed by atoms with van der Waals surface area (Å²) in [4.78, 5) is 26.8. The van der Waals surface area contributed by atoms with Crippen molar-refractivity contribution in [3.05, 3.63) is 29.3 Å². The number of anilines is 1. The maximum atomic E-state index is 12.5. The first-order valence-electron chi connectivity index (χ1n) is 8.56. The van der Waals surface area contributed by atoms with Crippen LogP contribution in [0, 0.1) is 11.8 Å². The third-order valence-electron chi connectivity index (χ3n) is 4.86. The van der Waals surface area contributed by atoms with E-state index in [2.05, 4.69) is 5.32 Å². The first-order chi connectivity index (χ1) is 11.6. The molecule has 0 aromatic heterocycles. The van der Waals surface area contributed by atoms with E-state index >= 15 is 0 Å². The lowest BCUT2D eigenvalue weighted by Crippen LogP contribution is -2.44. The van der Waals surface area contributed by atoms with Crippen LogP contribution in [0.3, 0.4) is 0 Å². The number of hydrogen-bond donors (Lipinski definition) is 1. The molecular weight excluding hydrogens is 328 g/mol. The molecule has 5 nitrogen and oxygen atoms in total. The van der Waals surface area contributed by atoms with Crippen molar-refractivity contribution in [1.29, 1.82) is 0 Å². The van der Waals surface area contributed by atoms with Gasteiger partial charge in [0, 0.05) is 35.6 Å². The summed E-state index contributed by atoms with van der Waals surface area (Å²) >= 11 is 5.94. The van der Waals surface area contributed by atoms with Gasteiger partial charge in [0.15, 0.2) is 0 Å². The summed E-state index contributed by atoms with van der Waals surface area (Å²) in [5.41, 5.74) is 0.721. The zero-order chi connectivity index (χ0) is 16.9. The lowest BCUT2D eigenvalue weighted by molar-refractivity contribution is -0.141. The minimum Gasteiger partial charge on any atom is -0.378 e. The number of carbonyl (C=O) groups is 2. The van der Waals surface area contributed by atoms with Gasteiger partial charge in [0.25, 0.3) is 0 Å². The second-order valence-corrected chi connectivity index (χ2v) is 6.92. The summed E-state index contributed by atoms with van der Waals surface area (Å²) in [6, 6.07) is 7.17. The standard InChI is InChI=1S/C18H23ClN2O3/c19-15-2-1-3-16(12-15)20-17(22)13-4-6-14(7-5-13)18(23)21-8-10-24-11-9-21/h1-3,12-14H,4-11H2,(H,20,22). The molecule has 6 heteroatoms. The van der Waals surface area contributed by atoms with E-state index < -0.39 is 0 Å². The Morgan fingerprint density at radius 1 is 1.08 bits per heavy atom. The number of benzene rings is 1. The molecule has 24 heavy (non-hydrogen) atoms. The quantitative estimate of drug-likeness (QED) is 0.911. The Balaban J connectivity index is 1.49. The molecule has 0 atom stereocenters. The van der Waals surface area contributed by atoms with Crippen LogP contribution in [0.25, 0.3) is 0 Å². The van der Waals surface area contributed by atoms with Crippen molar-refractivity contribution >= 4 is 29.1 Å². The van der Waals surface area contributed by atoms with Crippen molar-refractivity contribution < 1.29 is 14.3 Å². The minimum atomic E-state index is -0.0299. The van der Waals surface area contributed by atoms with Crippen molar-refractivity contribution in [2.75, 3.05) is 31.6 Å². The van der Waals surface area contributed by atoms with Gasteiger partial charge in [-0.2, -0.15) is 0 Å². The van der Waals surface area contributed by atoms with Gasteiger partial charge in [0.2, 0.25) is 11.8 Å². The summed E-state index contributed by atoms with van der Waals surface area (Å²) in [5.74, 6) is 0.276. The number of morpholine rings is 1. The third kappa shape index (κ3) is 4.28. The summed E-state index contributed by atoms with van der Waals surface area (Å²) < 4.78 is 5.29. The van der Waals surface area contributed by atoms with E-state index in [4.69, 9.17) is 16.3 Å². The molecule has 3 rings (SSSR count). The minimum absolute atomic E-state index is 0.0227. The van der Waals surface area contributed by atoms with E-state index in [1.165, 1.54) is 0 Å². The fourth-order valence-electron chi connectivity index (χ4n) is 3.46. The highest BCUT2D eigenvalue weighted by molar-refractivity contribution is 6.30. The average Bonchev–Trinajstić information content (AvgIpc) is 2.62. The van der Waals surface area contributed by atoms with Crippen LogP contribution < -0.4 is 5.32 Å². The van der Waals surface area contributed by atoms with E-state index in [9.17, 15) is 9.59 Å². The molecule has 2 aliphatic rings. The van der Waals surface area contributed by atoms with Gasteiger partial charge < -0.3 is 15.0 Å². The van der Waals surface area contributed by atoms with Crippen molar-refractivity contribution in [1.82, 2.24) is 4.90 Å². The SMILES string of the molecule is O=C(Nc1cccc(Cl)c1)C1CCC(C(=O)N2CCOCC2)CC1. The first kappa shape index (κ1) is 17.2. The van der Waals surface area contributed by atoms with Gasteiger partial charge in [-0.25, -0.2) is 0 Å². The molecule has 1 aliphatic carbocycles. The van der Waals surface area contributed by atoms with Crippen LogP contribution in [0.15, 0.2) is 24.3 Å². The second-order valence-electron chi connectivity index (χ2n) is 6.49. The van der Waals surface area contributed by atoms with E-state index in [-0.39, 0.29) is 23.7 Å². The van der Waals surface area contributed by atoms with Crippen LogP contribution in [0.5, 0.6) is 0 Å². The van der Waals surface area contributed by atoms with E-state index in [1.807, 2.05) is 17.0 Å². The Hall–Kier alpha value is -1.59. The Morgan fingerprint density at radius 2 is 1.75 bits per heavy atom. The molecule has 130 valence electrons. The number of hydrogen-bond acceptors (Lipinski definition) is 3. The number of halogens is 1. The van der Waals surface area contributed by atoms with Gasteiger partial charge >= 0.3 is 0 Å². The summed E-state index contributed by atoms with van der Waals surface area (Å²) in [6.07, 6.45) is 3.08. The Bertz CT molecular complexity index is 594. The third-order valence-corrected chi connectivity index (χ3v) is 5.10. The molecule has 1 saturated carbocycles. The molecular formula is C18H23ClN2O3. The predicted molar refractivity (Wildman–Crippen MR) is 92.9 cm³/mol. The Labute approximate surface area is 147 Å². The lowest BCUT2D eigenvalue weighted by atomic mass is 9.81. The highest BCUT2D eigenvalue weighted by Gasteiger charge is 2.32. The molecule has 1 aromatic carbocycles. The summed E-state index contributed by atoms with van der Waals surface area (Å²) in [6.45, 7) is 2.63. The van der Waals surface area contributed by atoms with Crippen LogP contribution in [0.4, 0.5) is 5.69 Å². The predicted octanol–water partition coefficient (Wildman–Crippen LogP) is 2.94. The number of carbonyl (C=O) groups excluding carboxylic acids is 2. The number of rotatable bonds is 3. The second kappa shape index (κ2) is 7.99. The normalized spacial score (nSPS) is 24.5. The van der Waals surface area contributed by atoms with Gasteiger partial charge in [-0.3, -0.25) is 9.59 Å². The summed E-state index contributed by atoms with van der Waals surface area (Å²) in [7, 11) is 0. The fourth-order valence-corrected chi connectivity index (χ4v) is 3.65. The molecule has 1 aliphatic heterocycles. The van der Waals surface area contributed by atoms with Gasteiger partial charge in [0.1, 0.15) is 0 Å². The molecule has 0 bridgehead atoms. The molecule has 0 spiro atoms. The number of amides is 2. The van der Waals surface area contributed by atoms with Crippen molar-refractivity contribution in [2.24, 2.45) is 11.8 Å². The van der Waals surface area contributed by atoms with Crippen LogP contribution in [0.1, 0.15) is 25.7 Å². The van der Waals surface area contributed by atoms with E-state index in [0.29, 0.717) is 31.3 Å². The average molecular weight is 351 g/mol. The molecule has 0 radical (unpaired) electrons. The van der Waals surface area contributed by atoms with Gasteiger partial charge in [-0.05, 0) is 43.9 Å². The Kier molecular flexibility index (Phi) is 5.74. The molecule has 2 amide bonds. The maximum absolute atomic E-state index is 12.5. The highest BCUT2D eigenvalue weighted by Crippen LogP contribution is 2.31. The van der Waals surface area contributed by atoms with Gasteiger partial charge in [-0.15, -0.1) is 0 Å². The zero-order valence-corrected chi connectivity index (χ0v) is 14.4. The number of nitrogens with one attached hydrogen (secondary N) is 1. The molecule has 1 aromatic rings. The van der Waals surface area contributed by atoms with Gasteiger partial charge in [-0.1, -0.05) is 17.7 Å². The largest absolute Gasteiger partial charge is 0.378 e.